The fourth-order valence-electron chi connectivity index (χ4n) is 1.99. The summed E-state index contributed by atoms with van der Waals surface area (Å²) in [7, 11) is 0. The summed E-state index contributed by atoms with van der Waals surface area (Å²) in [6, 6.07) is 0. The van der Waals surface area contributed by atoms with Gasteiger partial charge in [0.1, 0.15) is 11.6 Å². The van der Waals surface area contributed by atoms with E-state index < -0.39 is 0 Å². The molecule has 0 bridgehead atoms. The van der Waals surface area contributed by atoms with E-state index in [0.29, 0.717) is 0 Å². The molecular formula is C13H18BrN5. The molecule has 0 spiro atoms. The number of aryl methyl sites for hydroxylation is 2. The van der Waals surface area contributed by atoms with Gasteiger partial charge in [-0.3, -0.25) is 0 Å². The largest absolute Gasteiger partial charge is 0.370 e. The number of aromatic nitrogens is 4. The highest BCUT2D eigenvalue weighted by molar-refractivity contribution is 9.10. The van der Waals surface area contributed by atoms with Gasteiger partial charge >= 0.3 is 0 Å². The van der Waals surface area contributed by atoms with Crippen molar-refractivity contribution < 1.29 is 0 Å². The van der Waals surface area contributed by atoms with Gasteiger partial charge in [-0.25, -0.2) is 14.6 Å². The van der Waals surface area contributed by atoms with Crippen molar-refractivity contribution in [3.05, 3.63) is 27.2 Å². The molecule has 0 saturated carbocycles. The van der Waals surface area contributed by atoms with Gasteiger partial charge in [0.25, 0.3) is 0 Å². The van der Waals surface area contributed by atoms with E-state index in [0.717, 1.165) is 45.4 Å². The van der Waals surface area contributed by atoms with Crippen LogP contribution < -0.4 is 5.32 Å². The van der Waals surface area contributed by atoms with E-state index in [1.54, 1.807) is 0 Å². The zero-order valence-corrected chi connectivity index (χ0v) is 13.5. The summed E-state index contributed by atoms with van der Waals surface area (Å²) >= 11 is 3.55. The maximum absolute atomic E-state index is 4.53. The quantitative estimate of drug-likeness (QED) is 0.943. The van der Waals surface area contributed by atoms with Crippen molar-refractivity contribution in [3.63, 3.8) is 0 Å². The molecule has 0 atom stereocenters. The number of hydrogen-bond donors (Lipinski definition) is 1. The van der Waals surface area contributed by atoms with Crippen LogP contribution in [0.1, 0.15) is 29.7 Å². The van der Waals surface area contributed by atoms with Crippen molar-refractivity contribution in [2.24, 2.45) is 0 Å². The SMILES string of the molecule is CCNc1nc(C)nc(-n2nc(C)c(Br)c2C)c1C. The lowest BCUT2D eigenvalue weighted by molar-refractivity contribution is 0.784. The monoisotopic (exact) mass is 323 g/mol. The van der Waals surface area contributed by atoms with Crippen LogP contribution in [-0.4, -0.2) is 26.3 Å². The van der Waals surface area contributed by atoms with Crippen LogP contribution in [0.5, 0.6) is 0 Å². The van der Waals surface area contributed by atoms with Crippen molar-refractivity contribution in [1.29, 1.82) is 0 Å². The predicted molar refractivity (Wildman–Crippen MR) is 80.0 cm³/mol. The average molecular weight is 324 g/mol. The van der Waals surface area contributed by atoms with Crippen LogP contribution in [0.2, 0.25) is 0 Å². The molecule has 102 valence electrons. The van der Waals surface area contributed by atoms with Crippen LogP contribution in [0.4, 0.5) is 5.82 Å². The molecule has 5 nitrogen and oxygen atoms in total. The maximum atomic E-state index is 4.53. The van der Waals surface area contributed by atoms with E-state index in [1.807, 2.05) is 32.4 Å². The predicted octanol–water partition coefficient (Wildman–Crippen LogP) is 3.09. The molecule has 1 N–H and O–H groups in total. The molecule has 0 unspecified atom stereocenters. The van der Waals surface area contributed by atoms with Gasteiger partial charge in [-0.15, -0.1) is 0 Å². The second-order valence-corrected chi connectivity index (χ2v) is 5.29. The topological polar surface area (TPSA) is 55.6 Å². The van der Waals surface area contributed by atoms with E-state index in [1.165, 1.54) is 0 Å². The Morgan fingerprint density at radius 2 is 1.84 bits per heavy atom. The van der Waals surface area contributed by atoms with E-state index in [4.69, 9.17) is 0 Å². The molecule has 19 heavy (non-hydrogen) atoms. The summed E-state index contributed by atoms with van der Waals surface area (Å²) in [5.41, 5.74) is 3.00. The minimum Gasteiger partial charge on any atom is -0.370 e. The van der Waals surface area contributed by atoms with Crippen LogP contribution in [0.3, 0.4) is 0 Å². The molecule has 0 aliphatic rings. The molecule has 2 aromatic rings. The standard InChI is InChI=1S/C13H18BrN5/c1-6-15-12-7(2)13(17-10(5)16-12)19-9(4)11(14)8(3)18-19/h6H2,1-5H3,(H,15,16,17). The fraction of sp³-hybridized carbons (Fsp3) is 0.462. The molecule has 2 rings (SSSR count). The summed E-state index contributed by atoms with van der Waals surface area (Å²) < 4.78 is 2.89. The Hall–Kier alpha value is -1.43. The molecule has 2 heterocycles. The van der Waals surface area contributed by atoms with Gasteiger partial charge in [0, 0.05) is 12.1 Å². The first-order valence-electron chi connectivity index (χ1n) is 6.26. The lowest BCUT2D eigenvalue weighted by atomic mass is 10.3. The number of nitrogens with zero attached hydrogens (tertiary/aromatic N) is 4. The Labute approximate surface area is 121 Å². The Morgan fingerprint density at radius 1 is 1.16 bits per heavy atom. The summed E-state index contributed by atoms with van der Waals surface area (Å²) in [6.07, 6.45) is 0. The zero-order valence-electron chi connectivity index (χ0n) is 11.9. The van der Waals surface area contributed by atoms with Crippen LogP contribution >= 0.6 is 15.9 Å². The molecule has 6 heteroatoms. The highest BCUT2D eigenvalue weighted by atomic mass is 79.9. The molecule has 0 aromatic carbocycles. The Morgan fingerprint density at radius 3 is 2.37 bits per heavy atom. The van der Waals surface area contributed by atoms with Crippen molar-refractivity contribution in [2.75, 3.05) is 11.9 Å². The van der Waals surface area contributed by atoms with Crippen LogP contribution in [-0.2, 0) is 0 Å². The average Bonchev–Trinajstić information content (AvgIpc) is 2.61. The van der Waals surface area contributed by atoms with E-state index in [2.05, 4.69) is 43.2 Å². The van der Waals surface area contributed by atoms with Gasteiger partial charge in [-0.05, 0) is 50.5 Å². The zero-order chi connectivity index (χ0) is 14.2. The first-order valence-corrected chi connectivity index (χ1v) is 7.06. The normalized spacial score (nSPS) is 10.8. The summed E-state index contributed by atoms with van der Waals surface area (Å²) in [6.45, 7) is 10.8. The number of anilines is 1. The highest BCUT2D eigenvalue weighted by Gasteiger charge is 2.16. The van der Waals surface area contributed by atoms with Gasteiger partial charge in [-0.2, -0.15) is 5.10 Å². The number of halogens is 1. The molecular weight excluding hydrogens is 306 g/mol. The lowest BCUT2D eigenvalue weighted by Gasteiger charge is -2.12. The summed E-state index contributed by atoms with van der Waals surface area (Å²) in [5.74, 6) is 2.43. The summed E-state index contributed by atoms with van der Waals surface area (Å²) in [5, 5.41) is 7.80. The molecule has 0 aliphatic heterocycles. The third-order valence-electron chi connectivity index (χ3n) is 2.98. The first-order chi connectivity index (χ1) is 8.95. The summed E-state index contributed by atoms with van der Waals surface area (Å²) in [4.78, 5) is 8.96. The first kappa shape index (κ1) is 14.0. The van der Waals surface area contributed by atoms with Crippen molar-refractivity contribution in [3.8, 4) is 5.82 Å². The maximum Gasteiger partial charge on any atom is 0.162 e. The van der Waals surface area contributed by atoms with Crippen LogP contribution in [0.25, 0.3) is 5.82 Å². The van der Waals surface area contributed by atoms with E-state index >= 15 is 0 Å². The van der Waals surface area contributed by atoms with Gasteiger partial charge in [0.2, 0.25) is 0 Å². The number of hydrogen-bond acceptors (Lipinski definition) is 4. The third kappa shape index (κ3) is 2.49. The molecule has 0 fully saturated rings. The molecule has 2 aromatic heterocycles. The van der Waals surface area contributed by atoms with Crippen LogP contribution in [0, 0.1) is 27.7 Å². The third-order valence-corrected chi connectivity index (χ3v) is 4.13. The number of rotatable bonds is 3. The lowest BCUT2D eigenvalue weighted by Crippen LogP contribution is -2.11. The van der Waals surface area contributed by atoms with Gasteiger partial charge in [0.05, 0.1) is 15.9 Å². The Kier molecular flexibility index (Phi) is 3.89. The van der Waals surface area contributed by atoms with E-state index in [9.17, 15) is 0 Å². The van der Waals surface area contributed by atoms with Crippen molar-refractivity contribution in [1.82, 2.24) is 19.7 Å². The fourth-order valence-corrected chi connectivity index (χ4v) is 2.24. The van der Waals surface area contributed by atoms with Gasteiger partial charge < -0.3 is 5.32 Å². The van der Waals surface area contributed by atoms with Crippen molar-refractivity contribution >= 4 is 21.7 Å². The molecule has 0 radical (unpaired) electrons. The second kappa shape index (κ2) is 5.28. The number of nitrogens with one attached hydrogen (secondary N) is 1. The Balaban J connectivity index is 2.64. The van der Waals surface area contributed by atoms with Gasteiger partial charge in [0.15, 0.2) is 5.82 Å². The smallest absolute Gasteiger partial charge is 0.162 e. The second-order valence-electron chi connectivity index (χ2n) is 4.49. The molecule has 0 amide bonds. The molecule has 0 saturated heterocycles. The van der Waals surface area contributed by atoms with Crippen LogP contribution in [0.15, 0.2) is 4.47 Å². The minimum absolute atomic E-state index is 0.736. The van der Waals surface area contributed by atoms with Gasteiger partial charge in [-0.1, -0.05) is 0 Å². The minimum atomic E-state index is 0.736. The Bertz CT molecular complexity index is 618. The molecule has 0 aliphatic carbocycles. The van der Waals surface area contributed by atoms with Crippen molar-refractivity contribution in [2.45, 2.75) is 34.6 Å². The highest BCUT2D eigenvalue weighted by Crippen LogP contribution is 2.25. The van der Waals surface area contributed by atoms with E-state index in [-0.39, 0.29) is 0 Å².